The zero-order chi connectivity index (χ0) is 21.2. The van der Waals surface area contributed by atoms with E-state index in [0.717, 1.165) is 66.6 Å². The lowest BCUT2D eigenvalue weighted by Gasteiger charge is -2.33. The summed E-state index contributed by atoms with van der Waals surface area (Å²) in [6, 6.07) is 16.8. The van der Waals surface area contributed by atoms with Crippen LogP contribution in [-0.4, -0.2) is 47.7 Å². The van der Waals surface area contributed by atoms with Crippen LogP contribution in [0.4, 0.5) is 0 Å². The lowest BCUT2D eigenvalue weighted by Crippen LogP contribution is -2.45. The highest BCUT2D eigenvalue weighted by Gasteiger charge is 2.31. The van der Waals surface area contributed by atoms with Gasteiger partial charge in [0.1, 0.15) is 18.0 Å². The fourth-order valence-corrected chi connectivity index (χ4v) is 4.50. The van der Waals surface area contributed by atoms with Gasteiger partial charge < -0.3 is 14.4 Å². The van der Waals surface area contributed by atoms with Crippen LogP contribution in [0.25, 0.3) is 22.0 Å². The van der Waals surface area contributed by atoms with E-state index in [2.05, 4.69) is 48.3 Å². The quantitative estimate of drug-likeness (QED) is 0.615. The highest BCUT2D eigenvalue weighted by atomic mass is 16.5. The third kappa shape index (κ3) is 4.42. The summed E-state index contributed by atoms with van der Waals surface area (Å²) in [7, 11) is 0. The third-order valence-electron chi connectivity index (χ3n) is 6.27. The lowest BCUT2D eigenvalue weighted by molar-refractivity contribution is -0.142. The van der Waals surface area contributed by atoms with Crippen molar-refractivity contribution in [1.82, 2.24) is 9.88 Å². The standard InChI is InChI=1S/C26H28N2O3/c1-18-15-21-5-4-20(16-24(21)27-17-18)19-6-8-22(9-7-19)31-23-10-12-28(13-11-23)26(29)25-3-2-14-30-25/h4-9,15-17,23,25H,2-3,10-14H2,1H3. The Labute approximate surface area is 183 Å². The van der Waals surface area contributed by atoms with E-state index in [4.69, 9.17) is 9.47 Å². The van der Waals surface area contributed by atoms with Crippen LogP contribution in [0.5, 0.6) is 5.75 Å². The molecule has 0 spiro atoms. The second-order valence-electron chi connectivity index (χ2n) is 8.59. The molecule has 2 aliphatic rings. The number of rotatable bonds is 4. The fraction of sp³-hybridized carbons (Fsp3) is 0.385. The van der Waals surface area contributed by atoms with E-state index in [1.54, 1.807) is 0 Å². The maximum absolute atomic E-state index is 12.5. The molecule has 5 heteroatoms. The SMILES string of the molecule is Cc1cnc2cc(-c3ccc(OC4CCN(C(=O)C5CCCO5)CC4)cc3)ccc2c1. The summed E-state index contributed by atoms with van der Waals surface area (Å²) in [6.45, 7) is 4.25. The van der Waals surface area contributed by atoms with Crippen molar-refractivity contribution >= 4 is 16.8 Å². The number of hydrogen-bond donors (Lipinski definition) is 0. The molecule has 0 saturated carbocycles. The average Bonchev–Trinajstić information content (AvgIpc) is 3.34. The Morgan fingerprint density at radius 3 is 2.55 bits per heavy atom. The number of hydrogen-bond acceptors (Lipinski definition) is 4. The fourth-order valence-electron chi connectivity index (χ4n) is 4.50. The predicted molar refractivity (Wildman–Crippen MR) is 121 cm³/mol. The van der Waals surface area contributed by atoms with Gasteiger partial charge in [0, 0.05) is 44.1 Å². The Kier molecular flexibility index (Phi) is 5.60. The molecule has 2 aliphatic heterocycles. The van der Waals surface area contributed by atoms with Crippen LogP contribution in [0.3, 0.4) is 0 Å². The molecule has 0 N–H and O–H groups in total. The van der Waals surface area contributed by atoms with Gasteiger partial charge in [-0.05, 0) is 60.7 Å². The number of carbonyl (C=O) groups is 1. The van der Waals surface area contributed by atoms with E-state index in [1.807, 2.05) is 23.2 Å². The Morgan fingerprint density at radius 2 is 1.81 bits per heavy atom. The van der Waals surface area contributed by atoms with Crippen molar-refractivity contribution in [2.45, 2.75) is 44.8 Å². The lowest BCUT2D eigenvalue weighted by atomic mass is 10.0. The second-order valence-corrected chi connectivity index (χ2v) is 8.59. The van der Waals surface area contributed by atoms with Crippen molar-refractivity contribution in [2.24, 2.45) is 0 Å². The smallest absolute Gasteiger partial charge is 0.251 e. The summed E-state index contributed by atoms with van der Waals surface area (Å²) in [6.07, 6.45) is 5.39. The summed E-state index contributed by atoms with van der Waals surface area (Å²) in [5, 5.41) is 1.16. The molecule has 0 aliphatic carbocycles. The number of fused-ring (bicyclic) bond motifs is 1. The second kappa shape index (κ2) is 8.67. The first-order chi connectivity index (χ1) is 15.2. The van der Waals surface area contributed by atoms with Gasteiger partial charge in [0.2, 0.25) is 0 Å². The molecular formula is C26H28N2O3. The average molecular weight is 417 g/mol. The molecule has 2 aromatic carbocycles. The molecule has 3 aromatic rings. The molecule has 0 bridgehead atoms. The number of pyridine rings is 1. The van der Waals surface area contributed by atoms with Crippen LogP contribution in [0, 0.1) is 6.92 Å². The van der Waals surface area contributed by atoms with Crippen LogP contribution in [-0.2, 0) is 9.53 Å². The number of aryl methyl sites for hydroxylation is 1. The molecule has 5 rings (SSSR count). The Balaban J connectivity index is 1.19. The van der Waals surface area contributed by atoms with Gasteiger partial charge >= 0.3 is 0 Å². The van der Waals surface area contributed by atoms with Crippen LogP contribution >= 0.6 is 0 Å². The van der Waals surface area contributed by atoms with Crippen molar-refractivity contribution in [2.75, 3.05) is 19.7 Å². The molecule has 31 heavy (non-hydrogen) atoms. The van der Waals surface area contributed by atoms with Crippen LogP contribution in [0.2, 0.25) is 0 Å². The minimum absolute atomic E-state index is 0.146. The van der Waals surface area contributed by atoms with Crippen molar-refractivity contribution in [3.05, 3.63) is 60.3 Å². The van der Waals surface area contributed by atoms with Gasteiger partial charge in [-0.2, -0.15) is 0 Å². The van der Waals surface area contributed by atoms with Crippen molar-refractivity contribution in [1.29, 1.82) is 0 Å². The Bertz CT molecular complexity index is 1070. The maximum Gasteiger partial charge on any atom is 0.251 e. The summed E-state index contributed by atoms with van der Waals surface area (Å²) in [5.41, 5.74) is 4.47. The Morgan fingerprint density at radius 1 is 1.03 bits per heavy atom. The molecule has 1 unspecified atom stereocenters. The monoisotopic (exact) mass is 416 g/mol. The molecule has 2 saturated heterocycles. The van der Waals surface area contributed by atoms with Crippen LogP contribution in [0.15, 0.2) is 54.7 Å². The van der Waals surface area contributed by atoms with Gasteiger partial charge in [0.05, 0.1) is 5.52 Å². The maximum atomic E-state index is 12.5. The number of amides is 1. The summed E-state index contributed by atoms with van der Waals surface area (Å²) >= 11 is 0. The van der Waals surface area contributed by atoms with E-state index in [1.165, 1.54) is 5.56 Å². The van der Waals surface area contributed by atoms with Crippen molar-refractivity contribution in [3.63, 3.8) is 0 Å². The zero-order valence-corrected chi connectivity index (χ0v) is 17.9. The number of piperidine rings is 1. The number of aromatic nitrogens is 1. The number of carbonyl (C=O) groups excluding carboxylic acids is 1. The Hall–Kier alpha value is -2.92. The first-order valence-corrected chi connectivity index (χ1v) is 11.2. The largest absolute Gasteiger partial charge is 0.490 e. The van der Waals surface area contributed by atoms with E-state index < -0.39 is 0 Å². The molecule has 160 valence electrons. The molecule has 1 amide bonds. The van der Waals surface area contributed by atoms with E-state index >= 15 is 0 Å². The molecule has 0 radical (unpaired) electrons. The number of benzene rings is 2. The van der Waals surface area contributed by atoms with Crippen LogP contribution in [0.1, 0.15) is 31.2 Å². The van der Waals surface area contributed by atoms with Gasteiger partial charge in [0.15, 0.2) is 0 Å². The van der Waals surface area contributed by atoms with Gasteiger partial charge in [-0.1, -0.05) is 24.3 Å². The zero-order valence-electron chi connectivity index (χ0n) is 17.9. The number of nitrogens with zero attached hydrogens (tertiary/aromatic N) is 2. The summed E-state index contributed by atoms with van der Waals surface area (Å²) in [4.78, 5) is 19.0. The van der Waals surface area contributed by atoms with Gasteiger partial charge in [-0.3, -0.25) is 9.78 Å². The molecule has 1 atom stereocenters. The highest BCUT2D eigenvalue weighted by molar-refractivity contribution is 5.84. The predicted octanol–water partition coefficient (Wildman–Crippen LogP) is 4.76. The number of ether oxygens (including phenoxy) is 2. The molecule has 2 fully saturated rings. The highest BCUT2D eigenvalue weighted by Crippen LogP contribution is 2.27. The minimum Gasteiger partial charge on any atom is -0.490 e. The third-order valence-corrected chi connectivity index (χ3v) is 6.27. The first kappa shape index (κ1) is 20.0. The first-order valence-electron chi connectivity index (χ1n) is 11.2. The molecule has 1 aromatic heterocycles. The molecule has 3 heterocycles. The minimum atomic E-state index is -0.223. The summed E-state index contributed by atoms with van der Waals surface area (Å²) < 4.78 is 11.7. The normalized spacial score (nSPS) is 19.6. The summed E-state index contributed by atoms with van der Waals surface area (Å²) in [5.74, 6) is 1.03. The molecular weight excluding hydrogens is 388 g/mol. The van der Waals surface area contributed by atoms with Crippen LogP contribution < -0.4 is 4.74 Å². The number of likely N-dealkylation sites (tertiary alicyclic amines) is 1. The van der Waals surface area contributed by atoms with E-state index in [9.17, 15) is 4.79 Å². The van der Waals surface area contributed by atoms with Crippen molar-refractivity contribution < 1.29 is 14.3 Å². The van der Waals surface area contributed by atoms with E-state index in [0.29, 0.717) is 6.61 Å². The van der Waals surface area contributed by atoms with Gasteiger partial charge in [0.25, 0.3) is 5.91 Å². The molecule has 5 nitrogen and oxygen atoms in total. The van der Waals surface area contributed by atoms with Gasteiger partial charge in [-0.25, -0.2) is 0 Å². The van der Waals surface area contributed by atoms with E-state index in [-0.39, 0.29) is 18.1 Å². The van der Waals surface area contributed by atoms with Gasteiger partial charge in [-0.15, -0.1) is 0 Å². The topological polar surface area (TPSA) is 51.7 Å². The van der Waals surface area contributed by atoms with Crippen molar-refractivity contribution in [3.8, 4) is 16.9 Å².